The lowest BCUT2D eigenvalue weighted by atomic mass is 9.55. The lowest BCUT2D eigenvalue weighted by Gasteiger charge is -2.52. The highest BCUT2D eigenvalue weighted by Gasteiger charge is 2.55. The van der Waals surface area contributed by atoms with Gasteiger partial charge < -0.3 is 15.2 Å². The minimum absolute atomic E-state index is 0.104. The molecule has 0 spiro atoms. The van der Waals surface area contributed by atoms with E-state index in [1.165, 1.54) is 44.1 Å². The Balaban J connectivity index is 1.04. The minimum atomic E-state index is -0.104. The molecule has 4 aliphatic carbocycles. The Morgan fingerprint density at radius 3 is 2.71 bits per heavy atom. The second-order valence-corrected chi connectivity index (χ2v) is 13.1. The van der Waals surface area contributed by atoms with Crippen LogP contribution in [0.15, 0.2) is 48.5 Å². The zero-order valence-electron chi connectivity index (χ0n) is 23.6. The molecule has 0 bridgehead atoms. The molecule has 206 valence electrons. The van der Waals surface area contributed by atoms with Gasteiger partial charge in [-0.05, 0) is 130 Å². The summed E-state index contributed by atoms with van der Waals surface area (Å²) in [7, 11) is 2.37. The van der Waals surface area contributed by atoms with Crippen molar-refractivity contribution in [2.24, 2.45) is 17.3 Å². The summed E-state index contributed by atoms with van der Waals surface area (Å²) in [5.74, 6) is 3.46. The molecule has 6 rings (SSSR count). The van der Waals surface area contributed by atoms with E-state index in [0.29, 0.717) is 17.5 Å². The zero-order valence-corrected chi connectivity index (χ0v) is 23.6. The van der Waals surface area contributed by atoms with Crippen molar-refractivity contribution in [1.82, 2.24) is 10.2 Å². The van der Waals surface area contributed by atoms with E-state index in [1.807, 2.05) is 0 Å². The number of nitrogens with one attached hydrogen (secondary N) is 1. The smallest absolute Gasteiger partial charge is 0.119 e. The molecule has 0 saturated heterocycles. The molecule has 0 amide bonds. The second-order valence-electron chi connectivity index (χ2n) is 13.1. The van der Waals surface area contributed by atoms with Gasteiger partial charge in [-0.15, -0.1) is 0 Å². The van der Waals surface area contributed by atoms with Crippen LogP contribution < -0.4 is 10.1 Å². The second kappa shape index (κ2) is 11.3. The molecule has 4 heteroatoms. The maximum absolute atomic E-state index is 9.69. The molecule has 3 fully saturated rings. The number of benzene rings is 2. The molecule has 0 radical (unpaired) electrons. The summed E-state index contributed by atoms with van der Waals surface area (Å²) >= 11 is 0. The quantitative estimate of drug-likeness (QED) is 0.383. The van der Waals surface area contributed by atoms with Crippen LogP contribution in [0, 0.1) is 17.3 Å². The SMILES string of the molecule is CN(Cc1ccccc1)[C@H]1CCC2C3CCc4cc(OCCCN[C@@H]5CC[C@@H](O)C5)ccc4C3CC[C@@]21C. The third-order valence-electron chi connectivity index (χ3n) is 10.9. The lowest BCUT2D eigenvalue weighted by molar-refractivity contribution is 0.00531. The number of ether oxygens (including phenoxy) is 1. The number of rotatable bonds is 9. The van der Waals surface area contributed by atoms with Gasteiger partial charge in [0, 0.05) is 18.6 Å². The Kier molecular flexibility index (Phi) is 7.84. The largest absolute Gasteiger partial charge is 0.494 e. The van der Waals surface area contributed by atoms with Crippen LogP contribution in [0.1, 0.15) is 87.3 Å². The molecule has 0 heterocycles. The maximum atomic E-state index is 9.69. The molecule has 3 saturated carbocycles. The number of aliphatic hydroxyl groups excluding tert-OH is 1. The van der Waals surface area contributed by atoms with E-state index in [1.54, 1.807) is 11.1 Å². The number of nitrogens with zero attached hydrogens (tertiary/aromatic N) is 1. The highest BCUT2D eigenvalue weighted by molar-refractivity contribution is 5.41. The first-order valence-electron chi connectivity index (χ1n) is 15.4. The van der Waals surface area contributed by atoms with Crippen LogP contribution in [0.5, 0.6) is 5.75 Å². The third kappa shape index (κ3) is 5.29. The molecule has 0 aromatic heterocycles. The van der Waals surface area contributed by atoms with Crippen LogP contribution in [0.2, 0.25) is 0 Å². The molecular weight excluding hydrogens is 468 g/mol. The number of aryl methyl sites for hydroxylation is 1. The summed E-state index contributed by atoms with van der Waals surface area (Å²) in [4.78, 5) is 2.67. The molecule has 4 aliphatic rings. The van der Waals surface area contributed by atoms with Gasteiger partial charge >= 0.3 is 0 Å². The fourth-order valence-electron chi connectivity index (χ4n) is 9.04. The molecule has 2 N–H and O–H groups in total. The maximum Gasteiger partial charge on any atom is 0.119 e. The van der Waals surface area contributed by atoms with Crippen molar-refractivity contribution in [2.75, 3.05) is 20.2 Å². The predicted octanol–water partition coefficient (Wildman–Crippen LogP) is 6.32. The van der Waals surface area contributed by atoms with Crippen LogP contribution in [0.4, 0.5) is 0 Å². The molecule has 3 unspecified atom stereocenters. The van der Waals surface area contributed by atoms with Gasteiger partial charge in [0.1, 0.15) is 5.75 Å². The molecule has 38 heavy (non-hydrogen) atoms. The fourth-order valence-corrected chi connectivity index (χ4v) is 9.04. The van der Waals surface area contributed by atoms with E-state index in [-0.39, 0.29) is 6.10 Å². The topological polar surface area (TPSA) is 44.7 Å². The van der Waals surface area contributed by atoms with Crippen molar-refractivity contribution in [3.05, 3.63) is 65.2 Å². The summed E-state index contributed by atoms with van der Waals surface area (Å²) in [6, 6.07) is 19.2. The minimum Gasteiger partial charge on any atom is -0.494 e. The predicted molar refractivity (Wildman–Crippen MR) is 155 cm³/mol. The van der Waals surface area contributed by atoms with Crippen molar-refractivity contribution in [3.63, 3.8) is 0 Å². The first-order valence-corrected chi connectivity index (χ1v) is 15.4. The van der Waals surface area contributed by atoms with Crippen LogP contribution in [-0.4, -0.2) is 48.4 Å². The van der Waals surface area contributed by atoms with E-state index in [2.05, 4.69) is 72.7 Å². The van der Waals surface area contributed by atoms with Crippen LogP contribution in [0.25, 0.3) is 0 Å². The van der Waals surface area contributed by atoms with Crippen molar-refractivity contribution in [1.29, 1.82) is 0 Å². The summed E-state index contributed by atoms with van der Waals surface area (Å²) in [6.07, 6.45) is 11.8. The van der Waals surface area contributed by atoms with Gasteiger partial charge in [-0.3, -0.25) is 4.90 Å². The van der Waals surface area contributed by atoms with Gasteiger partial charge in [0.25, 0.3) is 0 Å². The lowest BCUT2D eigenvalue weighted by Crippen LogP contribution is -2.49. The number of fused-ring (bicyclic) bond motifs is 5. The van der Waals surface area contributed by atoms with Crippen molar-refractivity contribution < 1.29 is 9.84 Å². The van der Waals surface area contributed by atoms with Crippen molar-refractivity contribution in [2.45, 2.75) is 102 Å². The van der Waals surface area contributed by atoms with Gasteiger partial charge in [-0.2, -0.15) is 0 Å². The van der Waals surface area contributed by atoms with Crippen LogP contribution in [0.3, 0.4) is 0 Å². The highest BCUT2D eigenvalue weighted by atomic mass is 16.5. The van der Waals surface area contributed by atoms with Gasteiger partial charge in [0.15, 0.2) is 0 Å². The van der Waals surface area contributed by atoms with Crippen LogP contribution >= 0.6 is 0 Å². The van der Waals surface area contributed by atoms with E-state index in [4.69, 9.17) is 4.74 Å². The summed E-state index contributed by atoms with van der Waals surface area (Å²) < 4.78 is 6.17. The molecule has 7 atom stereocenters. The van der Waals surface area contributed by atoms with Gasteiger partial charge in [0.05, 0.1) is 12.7 Å². The van der Waals surface area contributed by atoms with Gasteiger partial charge in [0.2, 0.25) is 0 Å². The third-order valence-corrected chi connectivity index (χ3v) is 10.9. The average Bonchev–Trinajstić information content (AvgIpc) is 3.51. The molecule has 2 aromatic carbocycles. The fraction of sp³-hybridized carbons (Fsp3) is 0.647. The molecule has 2 aromatic rings. The number of aliphatic hydroxyl groups is 1. The van der Waals surface area contributed by atoms with Crippen molar-refractivity contribution >= 4 is 0 Å². The average molecular weight is 517 g/mol. The Morgan fingerprint density at radius 1 is 1.03 bits per heavy atom. The highest BCUT2D eigenvalue weighted by Crippen LogP contribution is 2.61. The van der Waals surface area contributed by atoms with Crippen LogP contribution in [-0.2, 0) is 13.0 Å². The van der Waals surface area contributed by atoms with E-state index >= 15 is 0 Å². The zero-order chi connectivity index (χ0) is 26.1. The molecule has 4 nitrogen and oxygen atoms in total. The Bertz CT molecular complexity index is 1070. The summed E-state index contributed by atoms with van der Waals surface area (Å²) in [5.41, 5.74) is 5.04. The van der Waals surface area contributed by atoms with Gasteiger partial charge in [-0.25, -0.2) is 0 Å². The number of hydrogen-bond acceptors (Lipinski definition) is 4. The Labute approximate surface area is 230 Å². The standard InChI is InChI=1S/C34H48N2O2/c1-34-18-17-30-29-14-12-28(38-20-6-19-35-26-10-11-27(37)22-26)21-25(29)9-13-31(30)32(34)15-16-33(34)36(2)23-24-7-4-3-5-8-24/h3-5,7-8,12,14,21,26-27,30-33,35,37H,6,9-11,13,15-20,22-23H2,1-2H3/t26-,27-,30?,31?,32?,33+,34+/m1/s1. The molecular formula is C34H48N2O2. The van der Waals surface area contributed by atoms with E-state index in [0.717, 1.165) is 68.9 Å². The van der Waals surface area contributed by atoms with Crippen molar-refractivity contribution in [3.8, 4) is 5.75 Å². The Morgan fingerprint density at radius 2 is 1.89 bits per heavy atom. The normalized spacial score (nSPS) is 34.1. The molecule has 0 aliphatic heterocycles. The number of hydrogen-bond donors (Lipinski definition) is 2. The van der Waals surface area contributed by atoms with E-state index in [9.17, 15) is 5.11 Å². The first-order chi connectivity index (χ1) is 18.5. The first kappa shape index (κ1) is 26.3. The summed E-state index contributed by atoms with van der Waals surface area (Å²) in [6.45, 7) is 5.41. The summed E-state index contributed by atoms with van der Waals surface area (Å²) in [5, 5.41) is 13.3. The Hall–Kier alpha value is -1.88. The monoisotopic (exact) mass is 516 g/mol. The van der Waals surface area contributed by atoms with E-state index < -0.39 is 0 Å². The van der Waals surface area contributed by atoms with Gasteiger partial charge in [-0.1, -0.05) is 43.3 Å².